The van der Waals surface area contributed by atoms with E-state index >= 15 is 0 Å². The van der Waals surface area contributed by atoms with E-state index < -0.39 is 0 Å². The minimum Gasteiger partial charge on any atom is -0.494 e. The van der Waals surface area contributed by atoms with Gasteiger partial charge in [0.15, 0.2) is 0 Å². The molecule has 0 saturated heterocycles. The molecule has 3 rings (SSSR count). The number of ether oxygens (including phenoxy) is 1. The van der Waals surface area contributed by atoms with Crippen molar-refractivity contribution in [2.24, 2.45) is 0 Å². The van der Waals surface area contributed by atoms with Crippen LogP contribution < -0.4 is 15.6 Å². The third kappa shape index (κ3) is 4.94. The highest BCUT2D eigenvalue weighted by Gasteiger charge is 2.07. The van der Waals surface area contributed by atoms with Crippen molar-refractivity contribution in [3.8, 4) is 5.75 Å². The van der Waals surface area contributed by atoms with Gasteiger partial charge in [-0.25, -0.2) is 0 Å². The van der Waals surface area contributed by atoms with E-state index in [9.17, 15) is 4.79 Å². The van der Waals surface area contributed by atoms with Crippen LogP contribution in [0, 0.1) is 0 Å². The molecule has 1 aromatic heterocycles. The second kappa shape index (κ2) is 8.49. The van der Waals surface area contributed by atoms with Crippen LogP contribution in [0.3, 0.4) is 0 Å². The maximum absolute atomic E-state index is 12.3. The lowest BCUT2D eigenvalue weighted by Gasteiger charge is -2.08. The standard InChI is InChI=1S/C21H24N4O2/c1-4-27-18-11-5-15(6-12-18)13-19-20(26)23-21(25-24-19)22-17-9-7-16(8-10-17)14(2)3/h5-12,14H,4,13H2,1-3H3,(H2,22,23,25,26). The molecule has 0 unspecified atom stereocenters. The Morgan fingerprint density at radius 1 is 1.04 bits per heavy atom. The first kappa shape index (κ1) is 18.6. The largest absolute Gasteiger partial charge is 0.494 e. The van der Waals surface area contributed by atoms with Crippen LogP contribution in [-0.4, -0.2) is 21.8 Å². The van der Waals surface area contributed by atoms with E-state index in [-0.39, 0.29) is 5.56 Å². The maximum atomic E-state index is 12.3. The summed E-state index contributed by atoms with van der Waals surface area (Å²) in [4.78, 5) is 15.1. The van der Waals surface area contributed by atoms with Gasteiger partial charge >= 0.3 is 0 Å². The molecule has 0 spiro atoms. The van der Waals surface area contributed by atoms with Gasteiger partial charge in [-0.3, -0.25) is 9.78 Å². The molecule has 0 fully saturated rings. The summed E-state index contributed by atoms with van der Waals surface area (Å²) in [6, 6.07) is 15.7. The third-order valence-electron chi connectivity index (χ3n) is 4.21. The Labute approximate surface area is 158 Å². The molecule has 0 bridgehead atoms. The van der Waals surface area contributed by atoms with Crippen LogP contribution >= 0.6 is 0 Å². The van der Waals surface area contributed by atoms with Gasteiger partial charge in [-0.15, -0.1) is 10.2 Å². The van der Waals surface area contributed by atoms with E-state index in [1.54, 1.807) is 0 Å². The van der Waals surface area contributed by atoms with E-state index in [4.69, 9.17) is 4.74 Å². The van der Waals surface area contributed by atoms with Crippen LogP contribution in [0.4, 0.5) is 11.6 Å². The summed E-state index contributed by atoms with van der Waals surface area (Å²) in [5.41, 5.74) is 3.21. The zero-order valence-corrected chi connectivity index (χ0v) is 15.8. The van der Waals surface area contributed by atoms with Gasteiger partial charge < -0.3 is 10.1 Å². The predicted octanol–water partition coefficient (Wildman–Crippen LogP) is 4.02. The minimum atomic E-state index is -0.250. The van der Waals surface area contributed by atoms with Gasteiger partial charge in [0.1, 0.15) is 11.4 Å². The van der Waals surface area contributed by atoms with Crippen LogP contribution in [-0.2, 0) is 6.42 Å². The smallest absolute Gasteiger partial charge is 0.274 e. The summed E-state index contributed by atoms with van der Waals surface area (Å²) in [5, 5.41) is 11.3. The van der Waals surface area contributed by atoms with Crippen molar-refractivity contribution in [2.75, 3.05) is 11.9 Å². The molecule has 2 aromatic carbocycles. The molecule has 140 valence electrons. The number of H-pyrrole nitrogens is 1. The number of aromatic nitrogens is 3. The first-order valence-corrected chi connectivity index (χ1v) is 9.09. The lowest BCUT2D eigenvalue weighted by molar-refractivity contribution is 0.340. The topological polar surface area (TPSA) is 79.9 Å². The molecule has 0 aliphatic rings. The molecule has 6 nitrogen and oxygen atoms in total. The Bertz CT molecular complexity index is 932. The van der Waals surface area contributed by atoms with Gasteiger partial charge in [-0.1, -0.05) is 38.1 Å². The van der Waals surface area contributed by atoms with E-state index in [0.717, 1.165) is 17.0 Å². The molecule has 1 heterocycles. The summed E-state index contributed by atoms with van der Waals surface area (Å²) in [6.45, 7) is 6.86. The fourth-order valence-corrected chi connectivity index (χ4v) is 2.68. The normalized spacial score (nSPS) is 10.8. The number of rotatable bonds is 7. The zero-order chi connectivity index (χ0) is 19.2. The van der Waals surface area contributed by atoms with Crippen molar-refractivity contribution in [1.29, 1.82) is 0 Å². The van der Waals surface area contributed by atoms with E-state index in [1.807, 2.05) is 43.3 Å². The van der Waals surface area contributed by atoms with Gasteiger partial charge in [-0.05, 0) is 48.2 Å². The highest BCUT2D eigenvalue weighted by molar-refractivity contribution is 5.53. The average Bonchev–Trinajstić information content (AvgIpc) is 2.66. The SMILES string of the molecule is CCOc1ccc(Cc2nnc(Nc3ccc(C(C)C)cc3)[nH]c2=O)cc1. The van der Waals surface area contributed by atoms with Gasteiger partial charge in [0.2, 0.25) is 5.95 Å². The Morgan fingerprint density at radius 2 is 1.74 bits per heavy atom. The Kier molecular flexibility index (Phi) is 5.86. The summed E-state index contributed by atoms with van der Waals surface area (Å²) in [6.07, 6.45) is 0.415. The van der Waals surface area contributed by atoms with E-state index in [2.05, 4.69) is 46.5 Å². The fraction of sp³-hybridized carbons (Fsp3) is 0.286. The van der Waals surface area contributed by atoms with Crippen LogP contribution in [0.2, 0.25) is 0 Å². The number of hydrogen-bond donors (Lipinski definition) is 2. The van der Waals surface area contributed by atoms with Crippen LogP contribution in [0.25, 0.3) is 0 Å². The van der Waals surface area contributed by atoms with Crippen molar-refractivity contribution in [3.05, 3.63) is 75.7 Å². The minimum absolute atomic E-state index is 0.250. The van der Waals surface area contributed by atoms with Crippen molar-refractivity contribution in [1.82, 2.24) is 15.2 Å². The highest BCUT2D eigenvalue weighted by Crippen LogP contribution is 2.18. The second-order valence-corrected chi connectivity index (χ2v) is 6.60. The molecular formula is C21H24N4O2. The molecule has 6 heteroatoms. The lowest BCUT2D eigenvalue weighted by atomic mass is 10.0. The second-order valence-electron chi connectivity index (χ2n) is 6.60. The molecule has 0 aliphatic carbocycles. The summed E-state index contributed by atoms with van der Waals surface area (Å²) in [7, 11) is 0. The first-order chi connectivity index (χ1) is 13.0. The predicted molar refractivity (Wildman–Crippen MR) is 107 cm³/mol. The summed E-state index contributed by atoms with van der Waals surface area (Å²) in [5.74, 6) is 1.61. The quantitative estimate of drug-likeness (QED) is 0.662. The Balaban J connectivity index is 1.68. The van der Waals surface area contributed by atoms with Crippen molar-refractivity contribution in [3.63, 3.8) is 0 Å². The molecular weight excluding hydrogens is 340 g/mol. The molecule has 0 aliphatic heterocycles. The van der Waals surface area contributed by atoms with Crippen molar-refractivity contribution in [2.45, 2.75) is 33.1 Å². The molecule has 0 radical (unpaired) electrons. The maximum Gasteiger partial charge on any atom is 0.274 e. The monoisotopic (exact) mass is 364 g/mol. The van der Waals surface area contributed by atoms with Gasteiger partial charge in [-0.2, -0.15) is 0 Å². The fourth-order valence-electron chi connectivity index (χ4n) is 2.68. The number of benzene rings is 2. The number of nitrogens with zero attached hydrogens (tertiary/aromatic N) is 2. The molecule has 2 N–H and O–H groups in total. The van der Waals surface area contributed by atoms with Crippen molar-refractivity contribution >= 4 is 11.6 Å². The number of nitrogens with one attached hydrogen (secondary N) is 2. The number of anilines is 2. The molecule has 0 saturated carbocycles. The van der Waals surface area contributed by atoms with Gasteiger partial charge in [0.25, 0.3) is 5.56 Å². The number of aromatic amines is 1. The molecule has 0 amide bonds. The highest BCUT2D eigenvalue weighted by atomic mass is 16.5. The van der Waals surface area contributed by atoms with E-state index in [0.29, 0.717) is 30.6 Å². The summed E-state index contributed by atoms with van der Waals surface area (Å²) < 4.78 is 5.42. The van der Waals surface area contributed by atoms with Crippen LogP contribution in [0.15, 0.2) is 53.3 Å². The van der Waals surface area contributed by atoms with Crippen molar-refractivity contribution < 1.29 is 4.74 Å². The van der Waals surface area contributed by atoms with Gasteiger partial charge in [0.05, 0.1) is 6.61 Å². The zero-order valence-electron chi connectivity index (χ0n) is 15.8. The van der Waals surface area contributed by atoms with Crippen LogP contribution in [0.1, 0.15) is 43.5 Å². The first-order valence-electron chi connectivity index (χ1n) is 9.09. The molecule has 27 heavy (non-hydrogen) atoms. The molecule has 0 atom stereocenters. The average molecular weight is 364 g/mol. The Hall–Kier alpha value is -3.15. The number of hydrogen-bond acceptors (Lipinski definition) is 5. The van der Waals surface area contributed by atoms with Crippen LogP contribution in [0.5, 0.6) is 5.75 Å². The van der Waals surface area contributed by atoms with Gasteiger partial charge in [0, 0.05) is 12.1 Å². The summed E-state index contributed by atoms with van der Waals surface area (Å²) >= 11 is 0. The third-order valence-corrected chi connectivity index (χ3v) is 4.21. The molecule has 3 aromatic rings. The lowest BCUT2D eigenvalue weighted by Crippen LogP contribution is -2.18. The van der Waals surface area contributed by atoms with E-state index in [1.165, 1.54) is 5.56 Å². The Morgan fingerprint density at radius 3 is 2.33 bits per heavy atom.